The Balaban J connectivity index is 1.38. The Bertz CT molecular complexity index is 847. The minimum Gasteiger partial charge on any atom is -0.484 e. The van der Waals surface area contributed by atoms with Gasteiger partial charge in [-0.15, -0.1) is 0 Å². The summed E-state index contributed by atoms with van der Waals surface area (Å²) in [6.07, 6.45) is 4.91. The number of aromatic nitrogens is 2. The molecule has 2 aromatic rings. The molecule has 150 valence electrons. The lowest BCUT2D eigenvalue weighted by Crippen LogP contribution is -2.43. The van der Waals surface area contributed by atoms with Crippen LogP contribution in [0.2, 0.25) is 10.0 Å². The van der Waals surface area contributed by atoms with Gasteiger partial charge in [-0.2, -0.15) is 5.10 Å². The number of hydrogen-bond acceptors (Lipinski definition) is 4. The van der Waals surface area contributed by atoms with Crippen molar-refractivity contribution in [2.24, 2.45) is 13.0 Å². The summed E-state index contributed by atoms with van der Waals surface area (Å²) in [6.45, 7) is 1.85. The summed E-state index contributed by atoms with van der Waals surface area (Å²) in [7, 11) is 1.77. The van der Waals surface area contributed by atoms with Gasteiger partial charge in [-0.05, 0) is 30.9 Å². The van der Waals surface area contributed by atoms with Crippen LogP contribution in [-0.4, -0.2) is 52.7 Å². The molecule has 1 aromatic carbocycles. The van der Waals surface area contributed by atoms with E-state index in [9.17, 15) is 9.59 Å². The average Bonchev–Trinajstić information content (AvgIpc) is 3.13. The highest BCUT2D eigenvalue weighted by Gasteiger charge is 2.23. The third-order valence-electron chi connectivity index (χ3n) is 4.74. The van der Waals surface area contributed by atoms with Crippen molar-refractivity contribution < 1.29 is 14.3 Å². The zero-order valence-electron chi connectivity index (χ0n) is 15.5. The number of likely N-dealkylation sites (tertiary alicyclic amines) is 1. The molecule has 3 rings (SSSR count). The summed E-state index contributed by atoms with van der Waals surface area (Å²) in [5.74, 6) is 0.668. The van der Waals surface area contributed by atoms with Gasteiger partial charge in [0.1, 0.15) is 5.75 Å². The predicted molar refractivity (Wildman–Crippen MR) is 107 cm³/mol. The first-order chi connectivity index (χ1) is 13.4. The first kappa shape index (κ1) is 20.5. The number of aryl methyl sites for hydroxylation is 1. The van der Waals surface area contributed by atoms with Crippen molar-refractivity contribution in [1.29, 1.82) is 0 Å². The molecule has 9 heteroatoms. The normalized spacial score (nSPS) is 14.8. The number of ether oxygens (including phenoxy) is 1. The Kier molecular flexibility index (Phi) is 6.80. The second kappa shape index (κ2) is 9.30. The van der Waals surface area contributed by atoms with Crippen LogP contribution in [0.1, 0.15) is 23.2 Å². The van der Waals surface area contributed by atoms with E-state index < -0.39 is 0 Å². The van der Waals surface area contributed by atoms with Crippen LogP contribution in [0.3, 0.4) is 0 Å². The lowest BCUT2D eigenvalue weighted by atomic mass is 9.96. The van der Waals surface area contributed by atoms with E-state index in [-0.39, 0.29) is 18.4 Å². The highest BCUT2D eigenvalue weighted by molar-refractivity contribution is 6.42. The van der Waals surface area contributed by atoms with Crippen LogP contribution in [0.25, 0.3) is 0 Å². The van der Waals surface area contributed by atoms with Crippen LogP contribution in [0.15, 0.2) is 30.6 Å². The summed E-state index contributed by atoms with van der Waals surface area (Å²) in [5.41, 5.74) is 0.551. The smallest absolute Gasteiger partial charge is 0.260 e. The summed E-state index contributed by atoms with van der Waals surface area (Å²) < 4.78 is 7.11. The Morgan fingerprint density at radius 1 is 1.25 bits per heavy atom. The Morgan fingerprint density at radius 3 is 2.64 bits per heavy atom. The van der Waals surface area contributed by atoms with Crippen LogP contribution < -0.4 is 10.1 Å². The Hall–Kier alpha value is -2.25. The molecule has 0 bridgehead atoms. The Morgan fingerprint density at radius 2 is 2.00 bits per heavy atom. The number of hydrogen-bond donors (Lipinski definition) is 1. The van der Waals surface area contributed by atoms with E-state index in [0.717, 1.165) is 12.8 Å². The molecule has 2 amide bonds. The van der Waals surface area contributed by atoms with Crippen molar-refractivity contribution in [2.45, 2.75) is 12.8 Å². The first-order valence-corrected chi connectivity index (χ1v) is 9.80. The van der Waals surface area contributed by atoms with Crippen molar-refractivity contribution in [3.05, 3.63) is 46.2 Å². The molecule has 1 N–H and O–H groups in total. The lowest BCUT2D eigenvalue weighted by molar-refractivity contribution is -0.134. The number of benzene rings is 1. The highest BCUT2D eigenvalue weighted by Crippen LogP contribution is 2.26. The molecule has 1 aliphatic rings. The zero-order chi connectivity index (χ0) is 20.1. The number of rotatable bonds is 6. The molecule has 1 fully saturated rings. The number of carbonyl (C=O) groups excluding carboxylic acids is 2. The van der Waals surface area contributed by atoms with Crippen LogP contribution in [-0.2, 0) is 11.8 Å². The summed E-state index contributed by atoms with van der Waals surface area (Å²) in [5, 5.41) is 7.77. The summed E-state index contributed by atoms with van der Waals surface area (Å²) in [4.78, 5) is 26.2. The van der Waals surface area contributed by atoms with E-state index in [1.54, 1.807) is 47.2 Å². The third kappa shape index (κ3) is 5.39. The SMILES string of the molecule is Cn1cc(C(=O)NCC2CCN(C(=O)COc3ccc(Cl)c(Cl)c3)CC2)cn1. The molecule has 2 heterocycles. The van der Waals surface area contributed by atoms with Crippen molar-refractivity contribution in [1.82, 2.24) is 20.0 Å². The Labute approximate surface area is 173 Å². The topological polar surface area (TPSA) is 76.5 Å². The van der Waals surface area contributed by atoms with E-state index in [4.69, 9.17) is 27.9 Å². The summed E-state index contributed by atoms with van der Waals surface area (Å²) in [6, 6.07) is 4.90. The molecular formula is C19H22Cl2N4O3. The van der Waals surface area contributed by atoms with Gasteiger partial charge in [0.15, 0.2) is 6.61 Å². The maximum Gasteiger partial charge on any atom is 0.260 e. The molecule has 1 aliphatic heterocycles. The molecular weight excluding hydrogens is 403 g/mol. The third-order valence-corrected chi connectivity index (χ3v) is 5.48. The predicted octanol–water partition coefficient (Wildman–Crippen LogP) is 2.77. The minimum atomic E-state index is -0.123. The van der Waals surface area contributed by atoms with Gasteiger partial charge in [0.2, 0.25) is 0 Å². The van der Waals surface area contributed by atoms with Gasteiger partial charge >= 0.3 is 0 Å². The molecule has 7 nitrogen and oxygen atoms in total. The first-order valence-electron chi connectivity index (χ1n) is 9.05. The van der Waals surface area contributed by atoms with Gasteiger partial charge in [-0.3, -0.25) is 14.3 Å². The van der Waals surface area contributed by atoms with Gasteiger partial charge in [0, 0.05) is 38.9 Å². The second-order valence-corrected chi connectivity index (χ2v) is 7.62. The minimum absolute atomic E-state index is 0.0413. The van der Waals surface area contributed by atoms with Crippen molar-refractivity contribution in [3.63, 3.8) is 0 Å². The van der Waals surface area contributed by atoms with Crippen molar-refractivity contribution >= 4 is 35.0 Å². The van der Waals surface area contributed by atoms with Gasteiger partial charge in [-0.1, -0.05) is 23.2 Å². The molecule has 0 spiro atoms. The summed E-state index contributed by atoms with van der Waals surface area (Å²) >= 11 is 11.8. The number of nitrogens with zero attached hydrogens (tertiary/aromatic N) is 3. The maximum absolute atomic E-state index is 12.3. The molecule has 1 aromatic heterocycles. The number of piperidine rings is 1. The number of nitrogens with one attached hydrogen (secondary N) is 1. The van der Waals surface area contributed by atoms with Crippen LogP contribution >= 0.6 is 23.2 Å². The van der Waals surface area contributed by atoms with Gasteiger partial charge in [0.25, 0.3) is 11.8 Å². The quantitative estimate of drug-likeness (QED) is 0.773. The van der Waals surface area contributed by atoms with Gasteiger partial charge in [-0.25, -0.2) is 0 Å². The fourth-order valence-corrected chi connectivity index (χ4v) is 3.36. The second-order valence-electron chi connectivity index (χ2n) is 6.80. The number of halogens is 2. The van der Waals surface area contributed by atoms with E-state index in [1.165, 1.54) is 0 Å². The van der Waals surface area contributed by atoms with Gasteiger partial charge in [0.05, 0.1) is 21.8 Å². The van der Waals surface area contributed by atoms with E-state index >= 15 is 0 Å². The van der Waals surface area contributed by atoms with Crippen molar-refractivity contribution in [3.8, 4) is 5.75 Å². The van der Waals surface area contributed by atoms with Crippen LogP contribution in [0.4, 0.5) is 0 Å². The maximum atomic E-state index is 12.3. The van der Waals surface area contributed by atoms with E-state index in [0.29, 0.717) is 46.9 Å². The van der Waals surface area contributed by atoms with Crippen molar-refractivity contribution in [2.75, 3.05) is 26.2 Å². The molecule has 28 heavy (non-hydrogen) atoms. The van der Waals surface area contributed by atoms with E-state index in [2.05, 4.69) is 10.4 Å². The lowest BCUT2D eigenvalue weighted by Gasteiger charge is -2.32. The molecule has 1 saturated heterocycles. The number of carbonyl (C=O) groups is 2. The van der Waals surface area contributed by atoms with Gasteiger partial charge < -0.3 is 15.0 Å². The fourth-order valence-electron chi connectivity index (χ4n) is 3.07. The largest absolute Gasteiger partial charge is 0.484 e. The number of amides is 2. The molecule has 0 saturated carbocycles. The monoisotopic (exact) mass is 424 g/mol. The average molecular weight is 425 g/mol. The molecule has 0 unspecified atom stereocenters. The zero-order valence-corrected chi connectivity index (χ0v) is 17.0. The van der Waals surface area contributed by atoms with Crippen LogP contribution in [0.5, 0.6) is 5.75 Å². The fraction of sp³-hybridized carbons (Fsp3) is 0.421. The van der Waals surface area contributed by atoms with Crippen LogP contribution in [0, 0.1) is 5.92 Å². The van der Waals surface area contributed by atoms with E-state index in [1.807, 2.05) is 0 Å². The standard InChI is InChI=1S/C19H22Cl2N4O3/c1-24-11-14(10-23-24)19(27)22-9-13-4-6-25(7-5-13)18(26)12-28-15-2-3-16(20)17(21)8-15/h2-3,8,10-11,13H,4-7,9,12H2,1H3,(H,22,27). The molecule has 0 aliphatic carbocycles. The highest BCUT2D eigenvalue weighted by atomic mass is 35.5. The molecule has 0 atom stereocenters. The molecule has 0 radical (unpaired) electrons.